The van der Waals surface area contributed by atoms with Gasteiger partial charge >= 0.3 is 6.18 Å². The van der Waals surface area contributed by atoms with Gasteiger partial charge in [-0.3, -0.25) is 19.7 Å². The molecule has 2 aromatic carbocycles. The maximum atomic E-state index is 12.8. The number of nitro groups is 1. The van der Waals surface area contributed by atoms with Crippen LogP contribution in [0, 0.1) is 10.1 Å². The summed E-state index contributed by atoms with van der Waals surface area (Å²) in [6, 6.07) is 5.77. The van der Waals surface area contributed by atoms with E-state index in [-0.39, 0.29) is 39.6 Å². The Labute approximate surface area is 189 Å². The van der Waals surface area contributed by atoms with E-state index in [0.29, 0.717) is 6.07 Å². The number of nitro benzene ring substituents is 1. The summed E-state index contributed by atoms with van der Waals surface area (Å²) in [5.74, 6) is -0.704. The molecular weight excluding hydrogens is 475 g/mol. The van der Waals surface area contributed by atoms with Gasteiger partial charge in [-0.1, -0.05) is 23.4 Å². The van der Waals surface area contributed by atoms with Crippen LogP contribution >= 0.6 is 23.4 Å². The topological polar surface area (TPSA) is 102 Å². The zero-order valence-electron chi connectivity index (χ0n) is 16.7. The van der Waals surface area contributed by atoms with Gasteiger partial charge in [0.1, 0.15) is 17.1 Å². The van der Waals surface area contributed by atoms with Gasteiger partial charge < -0.3 is 15.0 Å². The molecule has 1 N–H and O–H groups in total. The van der Waals surface area contributed by atoms with Crippen molar-refractivity contribution in [3.8, 4) is 11.5 Å². The highest BCUT2D eigenvalue weighted by atomic mass is 35.5. The molecule has 2 amide bonds. The van der Waals surface area contributed by atoms with Crippen molar-refractivity contribution in [2.24, 2.45) is 0 Å². The minimum atomic E-state index is -4.59. The molecule has 0 aliphatic carbocycles. The van der Waals surface area contributed by atoms with Crippen LogP contribution in [0.1, 0.15) is 15.9 Å². The van der Waals surface area contributed by atoms with E-state index >= 15 is 0 Å². The standard InChI is InChI=1S/C19H17ClF3N3O5S/c1-25(2)18(28)32-8-7-24-17(27)13-10-12(4-5-15(13)26(29)30)31-16-6-3-11(9-14(16)20)19(21,22)23/h3-6,9-10H,7-8H2,1-2H3,(H,24,27). The highest BCUT2D eigenvalue weighted by Gasteiger charge is 2.31. The highest BCUT2D eigenvalue weighted by molar-refractivity contribution is 8.13. The molecule has 0 unspecified atom stereocenters. The van der Waals surface area contributed by atoms with Crippen LogP contribution in [0.5, 0.6) is 11.5 Å². The summed E-state index contributed by atoms with van der Waals surface area (Å²) in [5.41, 5.74) is -1.78. The second kappa shape index (κ2) is 10.6. The molecule has 0 saturated carbocycles. The van der Waals surface area contributed by atoms with E-state index in [9.17, 15) is 32.9 Å². The van der Waals surface area contributed by atoms with Crippen molar-refractivity contribution < 1.29 is 32.4 Å². The number of benzene rings is 2. The molecule has 172 valence electrons. The van der Waals surface area contributed by atoms with Crippen LogP contribution < -0.4 is 10.1 Å². The predicted octanol–water partition coefficient (Wildman–Crippen LogP) is 5.20. The second-order valence-corrected chi connectivity index (χ2v) is 7.90. The third-order valence-corrected chi connectivity index (χ3v) is 5.19. The number of carbonyl (C=O) groups excluding carboxylic acids is 2. The molecule has 0 bridgehead atoms. The van der Waals surface area contributed by atoms with Gasteiger partial charge in [0.05, 0.1) is 15.5 Å². The van der Waals surface area contributed by atoms with E-state index < -0.39 is 28.3 Å². The first kappa shape index (κ1) is 25.3. The number of ether oxygens (including phenoxy) is 1. The highest BCUT2D eigenvalue weighted by Crippen LogP contribution is 2.37. The first-order chi connectivity index (χ1) is 14.9. The zero-order valence-corrected chi connectivity index (χ0v) is 18.3. The lowest BCUT2D eigenvalue weighted by Crippen LogP contribution is -2.27. The Bertz CT molecular complexity index is 1030. The first-order valence-electron chi connectivity index (χ1n) is 8.85. The minimum Gasteiger partial charge on any atom is -0.456 e. The molecule has 0 atom stereocenters. The number of alkyl halides is 3. The van der Waals surface area contributed by atoms with Crippen molar-refractivity contribution in [3.05, 3.63) is 62.7 Å². The maximum Gasteiger partial charge on any atom is 0.416 e. The lowest BCUT2D eigenvalue weighted by Gasteiger charge is -2.12. The van der Waals surface area contributed by atoms with Crippen molar-refractivity contribution in [1.29, 1.82) is 0 Å². The number of nitrogens with one attached hydrogen (secondary N) is 1. The van der Waals surface area contributed by atoms with Crippen molar-refractivity contribution in [1.82, 2.24) is 10.2 Å². The molecule has 2 aromatic rings. The van der Waals surface area contributed by atoms with Crippen LogP contribution in [-0.4, -0.2) is 47.4 Å². The van der Waals surface area contributed by atoms with E-state index in [2.05, 4.69) is 5.32 Å². The Hall–Kier alpha value is -2.99. The van der Waals surface area contributed by atoms with E-state index in [4.69, 9.17) is 16.3 Å². The number of hydrogen-bond acceptors (Lipinski definition) is 6. The zero-order chi connectivity index (χ0) is 24.1. The normalized spacial score (nSPS) is 11.1. The molecule has 8 nitrogen and oxygen atoms in total. The summed E-state index contributed by atoms with van der Waals surface area (Å²) >= 11 is 6.82. The van der Waals surface area contributed by atoms with E-state index in [1.165, 1.54) is 11.0 Å². The van der Waals surface area contributed by atoms with Gasteiger partial charge in [0.25, 0.3) is 16.8 Å². The quantitative estimate of drug-likeness (QED) is 0.324. The van der Waals surface area contributed by atoms with Crippen LogP contribution in [0.25, 0.3) is 0 Å². The van der Waals surface area contributed by atoms with Crippen LogP contribution in [-0.2, 0) is 6.18 Å². The SMILES string of the molecule is CN(C)C(=O)SCCNC(=O)c1cc(Oc2ccc(C(F)(F)F)cc2Cl)ccc1[N+](=O)[O-]. The summed E-state index contributed by atoms with van der Waals surface area (Å²) in [6.45, 7) is 0.0655. The summed E-state index contributed by atoms with van der Waals surface area (Å²) in [7, 11) is 3.15. The van der Waals surface area contributed by atoms with Crippen LogP contribution in [0.2, 0.25) is 5.02 Å². The molecule has 32 heavy (non-hydrogen) atoms. The van der Waals surface area contributed by atoms with Gasteiger partial charge in [-0.15, -0.1) is 0 Å². The van der Waals surface area contributed by atoms with Crippen LogP contribution in [0.3, 0.4) is 0 Å². The number of amides is 2. The van der Waals surface area contributed by atoms with Crippen molar-refractivity contribution in [2.45, 2.75) is 6.18 Å². The number of hydrogen-bond donors (Lipinski definition) is 1. The van der Waals surface area contributed by atoms with Gasteiger partial charge in [0, 0.05) is 38.5 Å². The fourth-order valence-corrected chi connectivity index (χ4v) is 3.19. The lowest BCUT2D eigenvalue weighted by molar-refractivity contribution is -0.385. The second-order valence-electron chi connectivity index (χ2n) is 6.45. The molecule has 0 heterocycles. The smallest absolute Gasteiger partial charge is 0.416 e. The molecule has 2 rings (SSSR count). The van der Waals surface area contributed by atoms with E-state index in [1.54, 1.807) is 14.1 Å². The number of thioether (sulfide) groups is 1. The Morgan fingerprint density at radius 2 is 1.91 bits per heavy atom. The fraction of sp³-hybridized carbons (Fsp3) is 0.263. The number of rotatable bonds is 7. The lowest BCUT2D eigenvalue weighted by atomic mass is 10.1. The van der Waals surface area contributed by atoms with Crippen molar-refractivity contribution in [3.63, 3.8) is 0 Å². The molecule has 0 aliphatic rings. The summed E-state index contributed by atoms with van der Waals surface area (Å²) in [5, 5.41) is 13.2. The molecule has 0 aromatic heterocycles. The molecule has 0 fully saturated rings. The Morgan fingerprint density at radius 1 is 1.22 bits per heavy atom. The fourth-order valence-electron chi connectivity index (χ4n) is 2.33. The number of halogens is 4. The van der Waals surface area contributed by atoms with Gasteiger partial charge in [-0.05, 0) is 24.3 Å². The van der Waals surface area contributed by atoms with Crippen LogP contribution in [0.4, 0.5) is 23.7 Å². The third-order valence-electron chi connectivity index (χ3n) is 3.87. The summed E-state index contributed by atoms with van der Waals surface area (Å²) < 4.78 is 43.7. The minimum absolute atomic E-state index is 0.0421. The largest absolute Gasteiger partial charge is 0.456 e. The number of nitrogens with zero attached hydrogens (tertiary/aromatic N) is 2. The van der Waals surface area contributed by atoms with E-state index in [1.807, 2.05) is 0 Å². The van der Waals surface area contributed by atoms with Gasteiger partial charge in [0.2, 0.25) is 0 Å². The number of carbonyl (C=O) groups is 2. The van der Waals surface area contributed by atoms with Gasteiger partial charge in [-0.25, -0.2) is 0 Å². The molecule has 0 spiro atoms. The van der Waals surface area contributed by atoms with E-state index in [0.717, 1.165) is 36.0 Å². The molecule has 0 radical (unpaired) electrons. The summed E-state index contributed by atoms with van der Waals surface area (Å²) in [6.07, 6.45) is -4.59. The van der Waals surface area contributed by atoms with Gasteiger partial charge in [0.15, 0.2) is 0 Å². The molecule has 0 aliphatic heterocycles. The maximum absolute atomic E-state index is 12.8. The average Bonchev–Trinajstić information content (AvgIpc) is 2.71. The van der Waals surface area contributed by atoms with Crippen molar-refractivity contribution >= 4 is 40.2 Å². The third kappa shape index (κ3) is 6.76. The van der Waals surface area contributed by atoms with Crippen LogP contribution in [0.15, 0.2) is 36.4 Å². The van der Waals surface area contributed by atoms with Crippen molar-refractivity contribution in [2.75, 3.05) is 26.4 Å². The average molecular weight is 492 g/mol. The Morgan fingerprint density at radius 3 is 2.47 bits per heavy atom. The van der Waals surface area contributed by atoms with Gasteiger partial charge in [-0.2, -0.15) is 13.2 Å². The Balaban J connectivity index is 2.18. The molecule has 13 heteroatoms. The predicted molar refractivity (Wildman–Crippen MR) is 113 cm³/mol. The monoisotopic (exact) mass is 491 g/mol. The molecular formula is C19H17ClF3N3O5S. The first-order valence-corrected chi connectivity index (χ1v) is 10.2. The molecule has 0 saturated heterocycles. The Kier molecular flexibility index (Phi) is 8.33. The summed E-state index contributed by atoms with van der Waals surface area (Å²) in [4.78, 5) is 35.9.